The molecule has 1 aromatic heterocycles. The van der Waals surface area contributed by atoms with Crippen LogP contribution in [0, 0.1) is 0 Å². The van der Waals surface area contributed by atoms with Gasteiger partial charge in [-0.25, -0.2) is 13.9 Å². The number of benzene rings is 2. The standard InChI is InChI=1S/C31H39Cl3N4O4/c1-31(2,3)42-30(40)36-15-7-5-4-6-14-35-29(39)20-38-17-16-37(22-38)19-28(26-13-12-25(33)18-27(26)34)41-21-23-8-10-24(32)11-9-23/h8-13,16-18,22,28H,4-7,14-15,19-21H2,1-3H3,(H-,35,36,39,40)/p+1. The van der Waals surface area contributed by atoms with Gasteiger partial charge in [-0.3, -0.25) is 4.79 Å². The summed E-state index contributed by atoms with van der Waals surface area (Å²) in [5.41, 5.74) is 1.32. The predicted octanol–water partition coefficient (Wildman–Crippen LogP) is 6.90. The summed E-state index contributed by atoms with van der Waals surface area (Å²) in [4.78, 5) is 24.1. The third-order valence-electron chi connectivity index (χ3n) is 6.22. The molecule has 8 nitrogen and oxygen atoms in total. The van der Waals surface area contributed by atoms with E-state index in [1.54, 1.807) is 12.1 Å². The highest BCUT2D eigenvalue weighted by atomic mass is 35.5. The SMILES string of the molecule is CC(C)(C)OC(=O)NCCCCCCNC(=O)C[n+]1ccn(CC(OCc2ccc(Cl)cc2)c2ccc(Cl)cc2Cl)c1. The number of hydrogen-bond donors (Lipinski definition) is 2. The second-order valence-corrected chi connectivity index (χ2v) is 12.3. The van der Waals surface area contributed by atoms with Gasteiger partial charge in [0.25, 0.3) is 5.91 Å². The zero-order valence-corrected chi connectivity index (χ0v) is 26.6. The first-order valence-corrected chi connectivity index (χ1v) is 15.2. The summed E-state index contributed by atoms with van der Waals surface area (Å²) in [6.07, 6.45) is 8.56. The van der Waals surface area contributed by atoms with Gasteiger partial charge in [0.1, 0.15) is 30.6 Å². The molecule has 42 heavy (non-hydrogen) atoms. The molecular formula is C31H40Cl3N4O4+. The normalized spacial score (nSPS) is 12.1. The highest BCUT2D eigenvalue weighted by Gasteiger charge is 2.21. The Bertz CT molecular complexity index is 1290. The summed E-state index contributed by atoms with van der Waals surface area (Å²) < 4.78 is 15.3. The zero-order valence-electron chi connectivity index (χ0n) is 24.4. The van der Waals surface area contributed by atoms with E-state index in [0.717, 1.165) is 36.8 Å². The fourth-order valence-electron chi connectivity index (χ4n) is 4.17. The number of unbranched alkanes of at least 4 members (excludes halogenated alkanes) is 3. The van der Waals surface area contributed by atoms with Crippen LogP contribution in [-0.4, -0.2) is 35.3 Å². The number of aromatic nitrogens is 2. The van der Waals surface area contributed by atoms with Gasteiger partial charge in [-0.05, 0) is 63.4 Å². The predicted molar refractivity (Wildman–Crippen MR) is 166 cm³/mol. The molecule has 1 heterocycles. The summed E-state index contributed by atoms with van der Waals surface area (Å²) in [5.74, 6) is -0.0550. The number of rotatable bonds is 15. The maximum absolute atomic E-state index is 12.5. The Labute approximate surface area is 263 Å². The number of hydrogen-bond acceptors (Lipinski definition) is 4. The molecule has 2 N–H and O–H groups in total. The van der Waals surface area contributed by atoms with Crippen LogP contribution in [0.3, 0.4) is 0 Å². The summed E-state index contributed by atoms with van der Waals surface area (Å²) in [6, 6.07) is 12.9. The lowest BCUT2D eigenvalue weighted by atomic mass is 10.1. The minimum Gasteiger partial charge on any atom is -0.444 e. The first-order valence-electron chi connectivity index (χ1n) is 14.1. The number of imidazole rings is 1. The topological polar surface area (TPSA) is 85.5 Å². The highest BCUT2D eigenvalue weighted by molar-refractivity contribution is 6.35. The molecule has 0 aliphatic heterocycles. The van der Waals surface area contributed by atoms with Gasteiger partial charge in [0, 0.05) is 33.7 Å². The molecule has 11 heteroatoms. The Morgan fingerprint density at radius 3 is 2.26 bits per heavy atom. The van der Waals surface area contributed by atoms with Crippen molar-refractivity contribution in [2.45, 2.75) is 77.9 Å². The van der Waals surface area contributed by atoms with Crippen LogP contribution in [0.5, 0.6) is 0 Å². The summed E-state index contributed by atoms with van der Waals surface area (Å²) in [7, 11) is 0. The van der Waals surface area contributed by atoms with Crippen LogP contribution in [0.1, 0.15) is 63.7 Å². The number of alkyl carbamates (subject to hydrolysis) is 1. The van der Waals surface area contributed by atoms with E-state index >= 15 is 0 Å². The van der Waals surface area contributed by atoms with Crippen molar-refractivity contribution in [3.05, 3.63) is 87.4 Å². The maximum Gasteiger partial charge on any atom is 0.407 e. The monoisotopic (exact) mass is 637 g/mol. The lowest BCUT2D eigenvalue weighted by Gasteiger charge is -2.19. The molecule has 228 valence electrons. The Morgan fingerprint density at radius 1 is 0.929 bits per heavy atom. The zero-order chi connectivity index (χ0) is 30.5. The third kappa shape index (κ3) is 12.6. The minimum absolute atomic E-state index is 0.0550. The van der Waals surface area contributed by atoms with Crippen molar-refractivity contribution in [3.8, 4) is 0 Å². The van der Waals surface area contributed by atoms with Gasteiger partial charge < -0.3 is 20.1 Å². The molecule has 3 rings (SSSR count). The van der Waals surface area contributed by atoms with Gasteiger partial charge in [-0.15, -0.1) is 0 Å². The van der Waals surface area contributed by atoms with Crippen molar-refractivity contribution in [1.82, 2.24) is 15.2 Å². The Kier molecular flexibility index (Phi) is 13.4. The molecule has 2 amide bonds. The van der Waals surface area contributed by atoms with E-state index in [4.69, 9.17) is 44.3 Å². The Morgan fingerprint density at radius 2 is 1.60 bits per heavy atom. The molecule has 0 aliphatic rings. The van der Waals surface area contributed by atoms with Crippen LogP contribution in [0.4, 0.5) is 4.79 Å². The van der Waals surface area contributed by atoms with Crippen molar-refractivity contribution in [2.24, 2.45) is 0 Å². The quantitative estimate of drug-likeness (QED) is 0.140. The van der Waals surface area contributed by atoms with Crippen molar-refractivity contribution in [2.75, 3.05) is 13.1 Å². The van der Waals surface area contributed by atoms with Crippen molar-refractivity contribution in [1.29, 1.82) is 0 Å². The lowest BCUT2D eigenvalue weighted by molar-refractivity contribution is -0.684. The molecule has 1 atom stereocenters. The van der Waals surface area contributed by atoms with Crippen LogP contribution in [0.25, 0.3) is 0 Å². The van der Waals surface area contributed by atoms with Crippen molar-refractivity contribution in [3.63, 3.8) is 0 Å². The molecule has 0 fully saturated rings. The number of halogens is 3. The summed E-state index contributed by atoms with van der Waals surface area (Å²) in [6.45, 7) is 7.78. The molecule has 0 bridgehead atoms. The molecule has 0 saturated heterocycles. The third-order valence-corrected chi connectivity index (χ3v) is 7.03. The average molecular weight is 639 g/mol. The van der Waals surface area contributed by atoms with Gasteiger partial charge in [-0.2, -0.15) is 0 Å². The number of carbonyl (C=O) groups excluding carboxylic acids is 2. The smallest absolute Gasteiger partial charge is 0.407 e. The molecule has 0 aliphatic carbocycles. The second-order valence-electron chi connectivity index (χ2n) is 11.1. The van der Waals surface area contributed by atoms with Gasteiger partial charge in [0.05, 0.1) is 6.61 Å². The van der Waals surface area contributed by atoms with Gasteiger partial charge >= 0.3 is 6.09 Å². The van der Waals surface area contributed by atoms with Crippen molar-refractivity contribution >= 4 is 46.8 Å². The summed E-state index contributed by atoms with van der Waals surface area (Å²) >= 11 is 18.7. The number of carbonyl (C=O) groups is 2. The van der Waals surface area contributed by atoms with Gasteiger partial charge in [0.2, 0.25) is 6.33 Å². The summed E-state index contributed by atoms with van der Waals surface area (Å²) in [5, 5.41) is 7.49. The first kappa shape index (κ1) is 33.7. The largest absolute Gasteiger partial charge is 0.444 e. The van der Waals surface area contributed by atoms with Crippen LogP contribution in [-0.2, 0) is 34.0 Å². The van der Waals surface area contributed by atoms with Crippen LogP contribution in [0.15, 0.2) is 61.2 Å². The number of ether oxygens (including phenoxy) is 2. The molecular weight excluding hydrogens is 599 g/mol. The van der Waals surface area contributed by atoms with E-state index in [-0.39, 0.29) is 18.6 Å². The first-order chi connectivity index (χ1) is 20.0. The Balaban J connectivity index is 1.42. The molecule has 2 aromatic carbocycles. The number of amides is 2. The van der Waals surface area contributed by atoms with E-state index < -0.39 is 11.7 Å². The highest BCUT2D eigenvalue weighted by Crippen LogP contribution is 2.30. The fraction of sp³-hybridized carbons (Fsp3) is 0.452. The van der Waals surface area contributed by atoms with E-state index in [0.29, 0.717) is 41.3 Å². The average Bonchev–Trinajstić information content (AvgIpc) is 3.34. The van der Waals surface area contributed by atoms with E-state index in [2.05, 4.69) is 10.6 Å². The number of nitrogens with one attached hydrogen (secondary N) is 2. The van der Waals surface area contributed by atoms with Crippen LogP contribution < -0.4 is 15.2 Å². The lowest BCUT2D eigenvalue weighted by Crippen LogP contribution is -2.41. The second kappa shape index (κ2) is 16.8. The van der Waals surface area contributed by atoms with E-state index in [9.17, 15) is 9.59 Å². The van der Waals surface area contributed by atoms with E-state index in [1.165, 1.54) is 0 Å². The number of nitrogens with zero attached hydrogens (tertiary/aromatic N) is 2. The molecule has 0 saturated carbocycles. The van der Waals surface area contributed by atoms with Crippen molar-refractivity contribution < 1.29 is 23.6 Å². The minimum atomic E-state index is -0.496. The van der Waals surface area contributed by atoms with Gasteiger partial charge in [0.15, 0.2) is 6.54 Å². The van der Waals surface area contributed by atoms with Crippen LogP contribution in [0.2, 0.25) is 15.1 Å². The molecule has 0 spiro atoms. The molecule has 3 aromatic rings. The Hall–Kier alpha value is -2.78. The van der Waals surface area contributed by atoms with Gasteiger partial charge in [-0.1, -0.05) is 65.8 Å². The molecule has 0 radical (unpaired) electrons. The van der Waals surface area contributed by atoms with Crippen LogP contribution >= 0.6 is 34.8 Å². The van der Waals surface area contributed by atoms with E-state index in [1.807, 2.05) is 79.0 Å². The molecule has 1 unspecified atom stereocenters. The fourth-order valence-corrected chi connectivity index (χ4v) is 4.83. The maximum atomic E-state index is 12.5.